The average Bonchev–Trinajstić information content (AvgIpc) is 2.29. The first kappa shape index (κ1) is 12.3. The van der Waals surface area contributed by atoms with Gasteiger partial charge in [0.25, 0.3) is 0 Å². The molecule has 0 aromatic heterocycles. The molecule has 1 aromatic rings. The number of methoxy groups -OCH3 is 1. The van der Waals surface area contributed by atoms with Gasteiger partial charge in [-0.25, -0.2) is 0 Å². The standard InChI is InChI=1S/C11H11ClN2O2/c1-16-9-3-2-8(10(12)7-9)6-11(15)14-5-4-13/h2-3,7H,5-6H2,1H3,(H,14,15). The van der Waals surface area contributed by atoms with E-state index in [1.807, 2.05) is 6.07 Å². The molecule has 1 rings (SSSR count). The van der Waals surface area contributed by atoms with Gasteiger partial charge in [0.1, 0.15) is 12.3 Å². The number of carbonyl (C=O) groups is 1. The van der Waals surface area contributed by atoms with E-state index >= 15 is 0 Å². The Kier molecular flexibility index (Phi) is 4.62. The quantitative estimate of drug-likeness (QED) is 0.810. The fourth-order valence-corrected chi connectivity index (χ4v) is 1.41. The monoisotopic (exact) mass is 238 g/mol. The van der Waals surface area contributed by atoms with Gasteiger partial charge in [-0.2, -0.15) is 5.26 Å². The minimum atomic E-state index is -0.228. The van der Waals surface area contributed by atoms with E-state index in [-0.39, 0.29) is 18.9 Å². The number of hydrogen-bond acceptors (Lipinski definition) is 3. The summed E-state index contributed by atoms with van der Waals surface area (Å²) in [5.74, 6) is 0.416. The zero-order valence-corrected chi connectivity index (χ0v) is 9.54. The number of benzene rings is 1. The zero-order valence-electron chi connectivity index (χ0n) is 8.79. The normalized spacial score (nSPS) is 9.31. The van der Waals surface area contributed by atoms with Gasteiger partial charge >= 0.3 is 0 Å². The highest BCUT2D eigenvalue weighted by molar-refractivity contribution is 6.31. The van der Waals surface area contributed by atoms with Crippen LogP contribution in [0.1, 0.15) is 5.56 Å². The Morgan fingerprint density at radius 2 is 2.38 bits per heavy atom. The number of rotatable bonds is 4. The van der Waals surface area contributed by atoms with Crippen LogP contribution in [0, 0.1) is 11.3 Å². The first-order valence-corrected chi connectivity index (χ1v) is 5.01. The van der Waals surface area contributed by atoms with Crippen LogP contribution in [0.15, 0.2) is 18.2 Å². The molecule has 0 aliphatic rings. The molecule has 0 spiro atoms. The molecule has 4 nitrogen and oxygen atoms in total. The van der Waals surface area contributed by atoms with Gasteiger partial charge in [-0.3, -0.25) is 4.79 Å². The Hall–Kier alpha value is -1.73. The van der Waals surface area contributed by atoms with Crippen LogP contribution in [-0.2, 0) is 11.2 Å². The Balaban J connectivity index is 2.67. The number of halogens is 1. The fourth-order valence-electron chi connectivity index (χ4n) is 1.17. The van der Waals surface area contributed by atoms with Gasteiger partial charge in [0.05, 0.1) is 19.6 Å². The maximum atomic E-state index is 11.3. The van der Waals surface area contributed by atoms with Crippen LogP contribution in [0.3, 0.4) is 0 Å². The van der Waals surface area contributed by atoms with Crippen LogP contribution in [0.4, 0.5) is 0 Å². The van der Waals surface area contributed by atoms with Crippen LogP contribution >= 0.6 is 11.6 Å². The van der Waals surface area contributed by atoms with E-state index in [9.17, 15) is 4.79 Å². The Morgan fingerprint density at radius 1 is 1.62 bits per heavy atom. The van der Waals surface area contributed by atoms with Gasteiger partial charge in [-0.05, 0) is 17.7 Å². The molecule has 16 heavy (non-hydrogen) atoms. The first-order valence-electron chi connectivity index (χ1n) is 4.63. The Morgan fingerprint density at radius 3 is 2.94 bits per heavy atom. The van der Waals surface area contributed by atoms with E-state index in [1.165, 1.54) is 0 Å². The lowest BCUT2D eigenvalue weighted by molar-refractivity contribution is -0.120. The van der Waals surface area contributed by atoms with E-state index in [4.69, 9.17) is 21.6 Å². The SMILES string of the molecule is COc1ccc(CC(=O)NCC#N)c(Cl)c1. The predicted octanol–water partition coefficient (Wildman–Crippen LogP) is 1.53. The van der Waals surface area contributed by atoms with Crippen molar-refractivity contribution in [2.75, 3.05) is 13.7 Å². The van der Waals surface area contributed by atoms with Crippen molar-refractivity contribution in [1.82, 2.24) is 5.32 Å². The maximum Gasteiger partial charge on any atom is 0.225 e. The fraction of sp³-hybridized carbons (Fsp3) is 0.273. The molecular weight excluding hydrogens is 228 g/mol. The van der Waals surface area contributed by atoms with Crippen LogP contribution < -0.4 is 10.1 Å². The number of nitrogens with one attached hydrogen (secondary N) is 1. The molecule has 1 N–H and O–H groups in total. The van der Waals surface area contributed by atoms with Crippen molar-refractivity contribution in [1.29, 1.82) is 5.26 Å². The third-order valence-corrected chi connectivity index (χ3v) is 2.33. The molecule has 0 bridgehead atoms. The molecular formula is C11H11ClN2O2. The zero-order chi connectivity index (χ0) is 12.0. The second-order valence-electron chi connectivity index (χ2n) is 3.07. The molecule has 1 amide bonds. The highest BCUT2D eigenvalue weighted by atomic mass is 35.5. The predicted molar refractivity (Wildman–Crippen MR) is 60.3 cm³/mol. The van der Waals surface area contributed by atoms with E-state index in [0.29, 0.717) is 16.3 Å². The van der Waals surface area contributed by atoms with Crippen LogP contribution in [-0.4, -0.2) is 19.6 Å². The summed E-state index contributed by atoms with van der Waals surface area (Å²) in [6.45, 7) is 0.00655. The third-order valence-electron chi connectivity index (χ3n) is 1.98. The summed E-state index contributed by atoms with van der Waals surface area (Å²) < 4.78 is 4.99. The highest BCUT2D eigenvalue weighted by Gasteiger charge is 2.07. The van der Waals surface area contributed by atoms with Crippen molar-refractivity contribution in [3.05, 3.63) is 28.8 Å². The third kappa shape index (κ3) is 3.44. The number of nitrogens with zero attached hydrogens (tertiary/aromatic N) is 1. The lowest BCUT2D eigenvalue weighted by Gasteiger charge is -2.06. The van der Waals surface area contributed by atoms with Crippen LogP contribution in [0.5, 0.6) is 5.75 Å². The second-order valence-corrected chi connectivity index (χ2v) is 3.48. The van der Waals surface area contributed by atoms with Gasteiger partial charge in [0, 0.05) is 5.02 Å². The number of amides is 1. The van der Waals surface area contributed by atoms with E-state index in [2.05, 4.69) is 5.32 Å². The molecule has 0 aliphatic heterocycles. The van der Waals surface area contributed by atoms with E-state index < -0.39 is 0 Å². The van der Waals surface area contributed by atoms with Gasteiger partial charge in [-0.15, -0.1) is 0 Å². The van der Waals surface area contributed by atoms with Crippen molar-refractivity contribution in [3.63, 3.8) is 0 Å². The van der Waals surface area contributed by atoms with Crippen LogP contribution in [0.25, 0.3) is 0 Å². The number of carbonyl (C=O) groups excluding carboxylic acids is 1. The molecule has 0 saturated heterocycles. The van der Waals surface area contributed by atoms with Crippen molar-refractivity contribution >= 4 is 17.5 Å². The summed E-state index contributed by atoms with van der Waals surface area (Å²) >= 11 is 5.96. The maximum absolute atomic E-state index is 11.3. The van der Waals surface area contributed by atoms with Gasteiger partial charge < -0.3 is 10.1 Å². The summed E-state index contributed by atoms with van der Waals surface area (Å²) in [5.41, 5.74) is 0.706. The summed E-state index contributed by atoms with van der Waals surface area (Å²) in [6, 6.07) is 6.94. The largest absolute Gasteiger partial charge is 0.497 e. The first-order chi connectivity index (χ1) is 7.67. The average molecular weight is 239 g/mol. The molecule has 5 heteroatoms. The molecule has 0 saturated carbocycles. The van der Waals surface area contributed by atoms with E-state index in [1.54, 1.807) is 25.3 Å². The summed E-state index contributed by atoms with van der Waals surface area (Å²) in [4.78, 5) is 11.3. The lowest BCUT2D eigenvalue weighted by atomic mass is 10.1. The summed E-state index contributed by atoms with van der Waals surface area (Å²) in [6.07, 6.45) is 0.157. The number of hydrogen-bond donors (Lipinski definition) is 1. The van der Waals surface area contributed by atoms with E-state index in [0.717, 1.165) is 0 Å². The molecule has 0 unspecified atom stereocenters. The molecule has 1 aromatic carbocycles. The number of ether oxygens (including phenoxy) is 1. The minimum absolute atomic E-state index is 0.00655. The van der Waals surface area contributed by atoms with Gasteiger partial charge in [0.2, 0.25) is 5.91 Å². The molecule has 0 heterocycles. The second kappa shape index (κ2) is 5.99. The summed E-state index contributed by atoms with van der Waals surface area (Å²) in [5, 5.41) is 11.2. The smallest absolute Gasteiger partial charge is 0.225 e. The van der Waals surface area contributed by atoms with Gasteiger partial charge in [-0.1, -0.05) is 17.7 Å². The Bertz CT molecular complexity index is 426. The molecule has 84 valence electrons. The number of nitriles is 1. The molecule has 0 radical (unpaired) electrons. The topological polar surface area (TPSA) is 62.1 Å². The molecule has 0 fully saturated rings. The van der Waals surface area contributed by atoms with Gasteiger partial charge in [0.15, 0.2) is 0 Å². The highest BCUT2D eigenvalue weighted by Crippen LogP contribution is 2.22. The van der Waals surface area contributed by atoms with Crippen molar-refractivity contribution in [3.8, 4) is 11.8 Å². The minimum Gasteiger partial charge on any atom is -0.497 e. The molecule has 0 atom stereocenters. The Labute approximate surface area is 98.8 Å². The van der Waals surface area contributed by atoms with Crippen molar-refractivity contribution in [2.45, 2.75) is 6.42 Å². The molecule has 0 aliphatic carbocycles. The summed E-state index contributed by atoms with van der Waals surface area (Å²) in [7, 11) is 1.55. The van der Waals surface area contributed by atoms with Crippen molar-refractivity contribution < 1.29 is 9.53 Å². The van der Waals surface area contributed by atoms with Crippen LogP contribution in [0.2, 0.25) is 5.02 Å². The lowest BCUT2D eigenvalue weighted by Crippen LogP contribution is -2.25. The van der Waals surface area contributed by atoms with Crippen molar-refractivity contribution in [2.24, 2.45) is 0 Å².